The minimum Gasteiger partial charge on any atom is -0.392 e. The number of hydrogen-bond acceptors (Lipinski definition) is 3. The molecule has 0 fully saturated rings. The first-order valence-electron chi connectivity index (χ1n) is 8.45. The molecule has 1 N–H and O–H groups in total. The van der Waals surface area contributed by atoms with Crippen LogP contribution in [0.5, 0.6) is 0 Å². The van der Waals surface area contributed by atoms with Crippen LogP contribution in [-0.4, -0.2) is 16.0 Å². The van der Waals surface area contributed by atoms with Gasteiger partial charge in [-0.25, -0.2) is 9.37 Å². The maximum absolute atomic E-state index is 13.5. The Kier molecular flexibility index (Phi) is 5.98. The average molecular weight is 419 g/mol. The van der Waals surface area contributed by atoms with E-state index in [-0.39, 0.29) is 18.3 Å². The summed E-state index contributed by atoms with van der Waals surface area (Å²) in [5.41, 5.74) is 2.63. The minimum atomic E-state index is -0.365. The Hall–Kier alpha value is -2.47. The molecule has 0 saturated carbocycles. The highest BCUT2D eigenvalue weighted by atomic mass is 35.5. The lowest BCUT2D eigenvalue weighted by molar-refractivity contribution is -0.115. The minimum absolute atomic E-state index is 0.258. The van der Waals surface area contributed by atoms with Gasteiger partial charge in [-0.05, 0) is 48.9 Å². The van der Waals surface area contributed by atoms with Crippen LogP contribution in [0, 0.1) is 12.7 Å². The van der Waals surface area contributed by atoms with Crippen LogP contribution in [0.1, 0.15) is 18.1 Å². The average Bonchev–Trinajstić information content (AvgIpc) is 2.64. The molecule has 1 aromatic heterocycles. The summed E-state index contributed by atoms with van der Waals surface area (Å²) in [6, 6.07) is 12.5. The molecule has 2 aromatic carbocycles. The van der Waals surface area contributed by atoms with Gasteiger partial charge in [0.05, 0.1) is 28.0 Å². The number of carbonyl (C=O) groups is 1. The zero-order chi connectivity index (χ0) is 20.4. The van der Waals surface area contributed by atoms with E-state index in [1.165, 1.54) is 24.0 Å². The molecule has 0 radical (unpaired) electrons. The van der Waals surface area contributed by atoms with Gasteiger partial charge in [0.25, 0.3) is 0 Å². The third kappa shape index (κ3) is 3.87. The zero-order valence-corrected chi connectivity index (χ0v) is 16.7. The first kappa shape index (κ1) is 20.3. The molecule has 1 heterocycles. The number of halogens is 3. The number of pyridine rings is 1. The molecule has 0 aliphatic carbocycles. The molecular formula is C21H17Cl2FN2O2. The molecular weight excluding hydrogens is 402 g/mol. The number of aryl methyl sites for hydroxylation is 1. The van der Waals surface area contributed by atoms with Crippen LogP contribution in [0.3, 0.4) is 0 Å². The van der Waals surface area contributed by atoms with Gasteiger partial charge in [-0.15, -0.1) is 0 Å². The van der Waals surface area contributed by atoms with Crippen molar-refractivity contribution in [1.82, 2.24) is 4.98 Å². The normalized spacial score (nSPS) is 10.8. The second-order valence-corrected chi connectivity index (χ2v) is 7.03. The summed E-state index contributed by atoms with van der Waals surface area (Å²) < 4.78 is 13.5. The highest BCUT2D eigenvalue weighted by Crippen LogP contribution is 2.38. The first-order chi connectivity index (χ1) is 13.3. The number of aliphatic hydroxyl groups is 1. The smallest absolute Gasteiger partial charge is 0.229 e. The molecule has 0 aliphatic rings. The van der Waals surface area contributed by atoms with E-state index in [2.05, 4.69) is 4.98 Å². The fraction of sp³-hybridized carbons (Fsp3) is 0.143. The molecule has 0 spiro atoms. The first-order valence-corrected chi connectivity index (χ1v) is 9.21. The molecule has 7 heteroatoms. The van der Waals surface area contributed by atoms with Crippen molar-refractivity contribution >= 4 is 40.6 Å². The van der Waals surface area contributed by atoms with E-state index < -0.39 is 0 Å². The van der Waals surface area contributed by atoms with E-state index in [9.17, 15) is 14.3 Å². The Morgan fingerprint density at radius 2 is 1.82 bits per heavy atom. The summed E-state index contributed by atoms with van der Waals surface area (Å²) in [4.78, 5) is 18.3. The summed E-state index contributed by atoms with van der Waals surface area (Å²) >= 11 is 12.6. The Balaban J connectivity index is 2.23. The van der Waals surface area contributed by atoms with Crippen molar-refractivity contribution in [3.63, 3.8) is 0 Å². The molecule has 144 valence electrons. The van der Waals surface area contributed by atoms with Crippen LogP contribution in [0.4, 0.5) is 15.9 Å². The van der Waals surface area contributed by atoms with Crippen molar-refractivity contribution in [3.05, 3.63) is 75.5 Å². The van der Waals surface area contributed by atoms with Crippen molar-refractivity contribution in [2.45, 2.75) is 20.5 Å². The number of anilines is 2. The second kappa shape index (κ2) is 8.27. The molecule has 0 atom stereocenters. The van der Waals surface area contributed by atoms with E-state index in [1.807, 2.05) is 0 Å². The molecule has 3 rings (SSSR count). The monoisotopic (exact) mass is 418 g/mol. The van der Waals surface area contributed by atoms with Gasteiger partial charge < -0.3 is 5.11 Å². The maximum Gasteiger partial charge on any atom is 0.229 e. The Bertz CT molecular complexity index is 1040. The summed E-state index contributed by atoms with van der Waals surface area (Å²) in [6.07, 6.45) is 0. The van der Waals surface area contributed by atoms with Gasteiger partial charge in [0, 0.05) is 18.1 Å². The van der Waals surface area contributed by atoms with E-state index in [0.29, 0.717) is 43.9 Å². The Morgan fingerprint density at radius 3 is 2.39 bits per heavy atom. The number of rotatable bonds is 4. The van der Waals surface area contributed by atoms with E-state index >= 15 is 0 Å². The van der Waals surface area contributed by atoms with Crippen LogP contribution >= 0.6 is 23.2 Å². The van der Waals surface area contributed by atoms with E-state index in [1.54, 1.807) is 43.3 Å². The quantitative estimate of drug-likeness (QED) is 0.592. The second-order valence-electron chi connectivity index (χ2n) is 6.22. The van der Waals surface area contributed by atoms with Gasteiger partial charge in [0.1, 0.15) is 11.6 Å². The number of para-hydroxylation sites is 1. The maximum atomic E-state index is 13.5. The topological polar surface area (TPSA) is 53.4 Å². The van der Waals surface area contributed by atoms with Gasteiger partial charge in [0.2, 0.25) is 5.91 Å². The lowest BCUT2D eigenvalue weighted by atomic mass is 10.0. The lowest BCUT2D eigenvalue weighted by Gasteiger charge is -2.24. The number of carbonyl (C=O) groups excluding carboxylic acids is 1. The fourth-order valence-corrected chi connectivity index (χ4v) is 3.56. The van der Waals surface area contributed by atoms with Crippen LogP contribution in [0.15, 0.2) is 48.5 Å². The van der Waals surface area contributed by atoms with Crippen molar-refractivity contribution in [2.75, 3.05) is 4.90 Å². The number of benzene rings is 2. The highest BCUT2D eigenvalue weighted by Gasteiger charge is 2.23. The van der Waals surface area contributed by atoms with E-state index in [4.69, 9.17) is 23.2 Å². The van der Waals surface area contributed by atoms with Gasteiger partial charge in [-0.1, -0.05) is 35.3 Å². The zero-order valence-electron chi connectivity index (χ0n) is 15.2. The molecule has 1 amide bonds. The fourth-order valence-electron chi connectivity index (χ4n) is 2.99. The third-order valence-electron chi connectivity index (χ3n) is 4.28. The molecule has 0 aliphatic heterocycles. The third-order valence-corrected chi connectivity index (χ3v) is 4.89. The largest absolute Gasteiger partial charge is 0.392 e. The molecule has 0 unspecified atom stereocenters. The van der Waals surface area contributed by atoms with Crippen LogP contribution in [-0.2, 0) is 11.4 Å². The van der Waals surface area contributed by atoms with Gasteiger partial charge in [0.15, 0.2) is 0 Å². The summed E-state index contributed by atoms with van der Waals surface area (Å²) in [7, 11) is 0. The van der Waals surface area contributed by atoms with Gasteiger partial charge >= 0.3 is 0 Å². The molecule has 0 bridgehead atoms. The molecule has 28 heavy (non-hydrogen) atoms. The van der Waals surface area contributed by atoms with Crippen LogP contribution in [0.2, 0.25) is 10.0 Å². The summed E-state index contributed by atoms with van der Waals surface area (Å²) in [5.74, 6) is -0.407. The molecule has 0 saturated heterocycles. The van der Waals surface area contributed by atoms with Crippen molar-refractivity contribution in [2.24, 2.45) is 0 Å². The predicted octanol–water partition coefficient (Wildman–Crippen LogP) is 5.68. The molecule has 4 nitrogen and oxygen atoms in total. The number of aliphatic hydroxyl groups excluding tert-OH is 1. The summed E-state index contributed by atoms with van der Waals surface area (Å²) in [5, 5.41) is 10.3. The molecule has 3 aromatic rings. The Morgan fingerprint density at radius 1 is 1.14 bits per heavy atom. The van der Waals surface area contributed by atoms with Crippen molar-refractivity contribution in [3.8, 4) is 11.3 Å². The van der Waals surface area contributed by atoms with Gasteiger partial charge in [-0.3, -0.25) is 9.69 Å². The summed E-state index contributed by atoms with van der Waals surface area (Å²) in [6.45, 7) is 2.87. The number of hydrogen-bond donors (Lipinski definition) is 1. The van der Waals surface area contributed by atoms with Crippen LogP contribution < -0.4 is 4.90 Å². The SMILES string of the molecule is CC(=O)N(c1ccc(CO)c(-c2ccc(F)cc2C)n1)c1c(Cl)cccc1Cl. The van der Waals surface area contributed by atoms with Gasteiger partial charge in [-0.2, -0.15) is 0 Å². The van der Waals surface area contributed by atoms with E-state index in [0.717, 1.165) is 0 Å². The number of amides is 1. The predicted molar refractivity (Wildman–Crippen MR) is 110 cm³/mol. The van der Waals surface area contributed by atoms with Crippen LogP contribution in [0.25, 0.3) is 11.3 Å². The standard InChI is InChI=1S/C21H17Cl2FN2O2/c1-12-10-15(24)7-8-16(12)20-14(11-27)6-9-19(25-20)26(13(2)28)21-17(22)4-3-5-18(21)23/h3-10,27H,11H2,1-2H3. The highest BCUT2D eigenvalue weighted by molar-refractivity contribution is 6.40. The van der Waals surface area contributed by atoms with Crippen molar-refractivity contribution < 1.29 is 14.3 Å². The Labute approximate surface area is 172 Å². The lowest BCUT2D eigenvalue weighted by Crippen LogP contribution is -2.24. The number of nitrogens with zero attached hydrogens (tertiary/aromatic N) is 2. The number of aromatic nitrogens is 1. The van der Waals surface area contributed by atoms with Crippen molar-refractivity contribution in [1.29, 1.82) is 0 Å².